The van der Waals surface area contributed by atoms with Gasteiger partial charge >= 0.3 is 0 Å². The van der Waals surface area contributed by atoms with Crippen molar-refractivity contribution in [2.75, 3.05) is 6.54 Å². The van der Waals surface area contributed by atoms with Crippen LogP contribution in [0.15, 0.2) is 62.9 Å². The predicted molar refractivity (Wildman–Crippen MR) is 94.5 cm³/mol. The number of benzene rings is 1. The highest BCUT2D eigenvalue weighted by molar-refractivity contribution is 9.11. The maximum atomic E-state index is 12.1. The number of para-hydroxylation sites is 1. The minimum absolute atomic E-state index is 0.310. The van der Waals surface area contributed by atoms with Crippen LogP contribution in [0.2, 0.25) is 0 Å². The van der Waals surface area contributed by atoms with Gasteiger partial charge in [-0.15, -0.1) is 11.3 Å². The summed E-state index contributed by atoms with van der Waals surface area (Å²) < 4.78 is 29.7. The highest BCUT2D eigenvalue weighted by Gasteiger charge is 2.15. The summed E-state index contributed by atoms with van der Waals surface area (Å²) in [6.45, 7) is 0.332. The first-order chi connectivity index (χ1) is 11.0. The Balaban J connectivity index is 1.60. The molecule has 0 fully saturated rings. The van der Waals surface area contributed by atoms with Crippen molar-refractivity contribution in [1.29, 1.82) is 0 Å². The van der Waals surface area contributed by atoms with E-state index in [2.05, 4.69) is 25.8 Å². The van der Waals surface area contributed by atoms with E-state index in [1.807, 2.05) is 36.5 Å². The van der Waals surface area contributed by atoms with E-state index in [0.29, 0.717) is 17.2 Å². The first kappa shape index (κ1) is 16.4. The minimum atomic E-state index is -3.44. The first-order valence-corrected chi connectivity index (χ1v) is 9.98. The van der Waals surface area contributed by atoms with Crippen LogP contribution in [0.25, 0.3) is 5.69 Å². The number of halogens is 1. The molecule has 0 spiro atoms. The second kappa shape index (κ2) is 6.96. The Morgan fingerprint density at radius 2 is 1.96 bits per heavy atom. The fraction of sp³-hybridized carbons (Fsp3) is 0.133. The molecule has 0 atom stereocenters. The van der Waals surface area contributed by atoms with Crippen molar-refractivity contribution in [1.82, 2.24) is 14.5 Å². The van der Waals surface area contributed by atoms with Gasteiger partial charge < -0.3 is 0 Å². The van der Waals surface area contributed by atoms with Crippen LogP contribution in [0.5, 0.6) is 0 Å². The maximum absolute atomic E-state index is 12.1. The molecule has 1 N–H and O–H groups in total. The third kappa shape index (κ3) is 4.08. The van der Waals surface area contributed by atoms with E-state index in [-0.39, 0.29) is 0 Å². The van der Waals surface area contributed by atoms with E-state index in [4.69, 9.17) is 0 Å². The van der Waals surface area contributed by atoms with Gasteiger partial charge in [-0.3, -0.25) is 0 Å². The summed E-state index contributed by atoms with van der Waals surface area (Å²) in [6.07, 6.45) is 4.24. The van der Waals surface area contributed by atoms with Gasteiger partial charge in [0.1, 0.15) is 4.21 Å². The molecule has 0 aliphatic rings. The number of aromatic nitrogens is 2. The molecule has 0 saturated carbocycles. The largest absolute Gasteiger partial charge is 0.250 e. The molecule has 120 valence electrons. The zero-order chi connectivity index (χ0) is 16.3. The zero-order valence-electron chi connectivity index (χ0n) is 12.0. The fourth-order valence-corrected chi connectivity index (χ4v) is 5.14. The number of hydrogen-bond acceptors (Lipinski definition) is 4. The standard InChI is InChI=1S/C15H14BrN3O2S2/c16-14-6-7-15(22-14)23(20,21)18-9-8-12-10-17-19(11-12)13-4-2-1-3-5-13/h1-7,10-11,18H,8-9H2. The van der Waals surface area contributed by atoms with Gasteiger partial charge in [0.25, 0.3) is 0 Å². The number of nitrogens with one attached hydrogen (secondary N) is 1. The first-order valence-electron chi connectivity index (χ1n) is 6.88. The molecule has 5 nitrogen and oxygen atoms in total. The van der Waals surface area contributed by atoms with Gasteiger partial charge in [0.05, 0.1) is 15.7 Å². The molecule has 0 unspecified atom stereocenters. The molecule has 1 aromatic carbocycles. The molecule has 0 amide bonds. The van der Waals surface area contributed by atoms with E-state index >= 15 is 0 Å². The summed E-state index contributed by atoms with van der Waals surface area (Å²) in [5.41, 5.74) is 1.95. The van der Waals surface area contributed by atoms with E-state index in [0.717, 1.165) is 15.0 Å². The topological polar surface area (TPSA) is 64.0 Å². The molecule has 0 aliphatic carbocycles. The van der Waals surface area contributed by atoms with Crippen molar-refractivity contribution < 1.29 is 8.42 Å². The Morgan fingerprint density at radius 1 is 1.17 bits per heavy atom. The Hall–Kier alpha value is -1.48. The van der Waals surface area contributed by atoms with Gasteiger partial charge in [-0.2, -0.15) is 5.10 Å². The van der Waals surface area contributed by atoms with Crippen molar-refractivity contribution in [3.8, 4) is 5.69 Å². The van der Waals surface area contributed by atoms with Gasteiger partial charge in [0.2, 0.25) is 10.0 Å². The van der Waals surface area contributed by atoms with Crippen LogP contribution in [0, 0.1) is 0 Å². The second-order valence-electron chi connectivity index (χ2n) is 4.84. The average molecular weight is 412 g/mol. The molecule has 23 heavy (non-hydrogen) atoms. The van der Waals surface area contributed by atoms with Crippen LogP contribution in [0.4, 0.5) is 0 Å². The molecule has 0 radical (unpaired) electrons. The van der Waals surface area contributed by atoms with E-state index in [1.165, 1.54) is 11.3 Å². The molecule has 3 aromatic rings. The van der Waals surface area contributed by atoms with E-state index in [1.54, 1.807) is 23.0 Å². The maximum Gasteiger partial charge on any atom is 0.250 e. The monoisotopic (exact) mass is 411 g/mol. The van der Waals surface area contributed by atoms with Crippen LogP contribution in [-0.2, 0) is 16.4 Å². The Morgan fingerprint density at radius 3 is 2.65 bits per heavy atom. The Bertz CT molecular complexity index is 888. The number of hydrogen-bond donors (Lipinski definition) is 1. The number of thiophene rings is 1. The van der Waals surface area contributed by atoms with Crippen LogP contribution >= 0.6 is 27.3 Å². The average Bonchev–Trinajstić information content (AvgIpc) is 3.17. The molecule has 3 rings (SSSR count). The van der Waals surface area contributed by atoms with Crippen molar-refractivity contribution in [2.24, 2.45) is 0 Å². The second-order valence-corrected chi connectivity index (χ2v) is 9.29. The molecule has 0 aliphatic heterocycles. The lowest BCUT2D eigenvalue weighted by Gasteiger charge is -2.03. The summed E-state index contributed by atoms with van der Waals surface area (Å²) in [7, 11) is -3.44. The number of sulfonamides is 1. The summed E-state index contributed by atoms with van der Waals surface area (Å²) >= 11 is 4.46. The van der Waals surface area contributed by atoms with Gasteiger partial charge in [-0.25, -0.2) is 17.8 Å². The lowest BCUT2D eigenvalue weighted by Crippen LogP contribution is -2.25. The van der Waals surface area contributed by atoms with Crippen LogP contribution in [-0.4, -0.2) is 24.7 Å². The minimum Gasteiger partial charge on any atom is -0.241 e. The smallest absolute Gasteiger partial charge is 0.241 e. The zero-order valence-corrected chi connectivity index (χ0v) is 15.2. The van der Waals surface area contributed by atoms with Crippen LogP contribution < -0.4 is 4.72 Å². The summed E-state index contributed by atoms with van der Waals surface area (Å²) in [6, 6.07) is 13.1. The van der Waals surface area contributed by atoms with E-state index in [9.17, 15) is 8.42 Å². The van der Waals surface area contributed by atoms with Gasteiger partial charge in [0.15, 0.2) is 0 Å². The van der Waals surface area contributed by atoms with Crippen molar-refractivity contribution in [3.05, 3.63) is 64.2 Å². The SMILES string of the molecule is O=S(=O)(NCCc1cnn(-c2ccccc2)c1)c1ccc(Br)s1. The van der Waals surface area contributed by atoms with Crippen LogP contribution in [0.1, 0.15) is 5.56 Å². The molecule has 8 heteroatoms. The molecule has 2 aromatic heterocycles. The molecule has 0 saturated heterocycles. The van der Waals surface area contributed by atoms with Crippen LogP contribution in [0.3, 0.4) is 0 Å². The van der Waals surface area contributed by atoms with Crippen molar-refractivity contribution in [3.63, 3.8) is 0 Å². The van der Waals surface area contributed by atoms with Gasteiger partial charge in [0, 0.05) is 12.7 Å². The van der Waals surface area contributed by atoms with Crippen molar-refractivity contribution >= 4 is 37.3 Å². The molecule has 2 heterocycles. The third-order valence-electron chi connectivity index (χ3n) is 3.18. The predicted octanol–water partition coefficient (Wildman–Crippen LogP) is 3.22. The highest BCUT2D eigenvalue weighted by atomic mass is 79.9. The Labute approximate surface area is 147 Å². The quantitative estimate of drug-likeness (QED) is 0.676. The third-order valence-corrected chi connectivity index (χ3v) is 6.75. The number of rotatable bonds is 6. The summed E-state index contributed by atoms with van der Waals surface area (Å²) in [4.78, 5) is 0. The van der Waals surface area contributed by atoms with Crippen molar-refractivity contribution in [2.45, 2.75) is 10.6 Å². The molecule has 0 bridgehead atoms. The Kier molecular flexibility index (Phi) is 4.96. The summed E-state index contributed by atoms with van der Waals surface area (Å²) in [5, 5.41) is 4.30. The van der Waals surface area contributed by atoms with E-state index < -0.39 is 10.0 Å². The normalized spacial score (nSPS) is 11.7. The van der Waals surface area contributed by atoms with Gasteiger partial charge in [-0.1, -0.05) is 18.2 Å². The summed E-state index contributed by atoms with van der Waals surface area (Å²) in [5.74, 6) is 0. The molecular formula is C15H14BrN3O2S2. The lowest BCUT2D eigenvalue weighted by atomic mass is 10.2. The number of nitrogens with zero attached hydrogens (tertiary/aromatic N) is 2. The van der Waals surface area contributed by atoms with Gasteiger partial charge in [-0.05, 0) is 52.2 Å². The fourth-order valence-electron chi connectivity index (χ4n) is 2.05. The lowest BCUT2D eigenvalue weighted by molar-refractivity contribution is 0.584. The highest BCUT2D eigenvalue weighted by Crippen LogP contribution is 2.25. The molecular weight excluding hydrogens is 398 g/mol.